The summed E-state index contributed by atoms with van der Waals surface area (Å²) in [7, 11) is 1.93. The van der Waals surface area contributed by atoms with E-state index in [2.05, 4.69) is 24.1 Å². The summed E-state index contributed by atoms with van der Waals surface area (Å²) in [4.78, 5) is 2.93. The molecule has 2 nitrogen and oxygen atoms in total. The van der Waals surface area contributed by atoms with Crippen molar-refractivity contribution in [2.75, 3.05) is 13.6 Å². The molecule has 0 bridgehead atoms. The van der Waals surface area contributed by atoms with Crippen molar-refractivity contribution in [3.63, 3.8) is 0 Å². The summed E-state index contributed by atoms with van der Waals surface area (Å²) in [6.07, 6.45) is 3.87. The molecule has 1 heterocycles. The molecule has 0 saturated heterocycles. The summed E-state index contributed by atoms with van der Waals surface area (Å²) in [6.45, 7) is 5.19. The molecule has 0 spiro atoms. The van der Waals surface area contributed by atoms with Crippen LogP contribution < -0.4 is 5.32 Å². The average Bonchev–Trinajstić information content (AvgIpc) is 2.40. The Morgan fingerprint density at radius 1 is 1.60 bits per heavy atom. The van der Waals surface area contributed by atoms with E-state index >= 15 is 0 Å². The lowest BCUT2D eigenvalue weighted by atomic mass is 10.4. The van der Waals surface area contributed by atoms with Gasteiger partial charge in [-0.15, -0.1) is 0 Å². The lowest BCUT2D eigenvalue weighted by Crippen LogP contribution is -2.01. The van der Waals surface area contributed by atoms with Crippen molar-refractivity contribution < 1.29 is 0 Å². The number of hydrogen-bond acceptors (Lipinski definition) is 1. The summed E-state index contributed by atoms with van der Waals surface area (Å²) >= 11 is 0. The number of aryl methyl sites for hydroxylation is 1. The fraction of sp³-hybridized carbons (Fsp3) is 0.500. The maximum Gasteiger partial charge on any atom is 0.00345 e. The summed E-state index contributed by atoms with van der Waals surface area (Å²) in [5.74, 6) is 0. The SMILES string of the molecule is CCNC.Cc1cc[nH]c1. The molecule has 0 atom stereocenters. The predicted octanol–water partition coefficient (Wildman–Crippen LogP) is 1.55. The highest BCUT2D eigenvalue weighted by Gasteiger charge is 1.73. The van der Waals surface area contributed by atoms with Crippen molar-refractivity contribution in [1.29, 1.82) is 0 Å². The van der Waals surface area contributed by atoms with E-state index in [0.29, 0.717) is 0 Å². The maximum atomic E-state index is 2.93. The van der Waals surface area contributed by atoms with Gasteiger partial charge < -0.3 is 10.3 Å². The monoisotopic (exact) mass is 140 g/mol. The van der Waals surface area contributed by atoms with Crippen LogP contribution in [0.2, 0.25) is 0 Å². The molecule has 0 saturated carbocycles. The van der Waals surface area contributed by atoms with Crippen LogP contribution in [0.3, 0.4) is 0 Å². The van der Waals surface area contributed by atoms with Crippen LogP contribution in [0.5, 0.6) is 0 Å². The molecule has 0 amide bonds. The number of aromatic nitrogens is 1. The highest BCUT2D eigenvalue weighted by Crippen LogP contribution is 1.88. The molecule has 0 aromatic carbocycles. The molecule has 0 fully saturated rings. The highest BCUT2D eigenvalue weighted by molar-refractivity contribution is 5.03. The predicted molar refractivity (Wildman–Crippen MR) is 45.1 cm³/mol. The molecule has 0 aliphatic carbocycles. The van der Waals surface area contributed by atoms with Crippen molar-refractivity contribution in [2.24, 2.45) is 0 Å². The van der Waals surface area contributed by atoms with E-state index in [4.69, 9.17) is 0 Å². The van der Waals surface area contributed by atoms with E-state index in [1.165, 1.54) is 5.56 Å². The highest BCUT2D eigenvalue weighted by atomic mass is 14.8. The van der Waals surface area contributed by atoms with Gasteiger partial charge in [0.1, 0.15) is 0 Å². The molecule has 1 rings (SSSR count). The molecule has 0 aliphatic heterocycles. The number of H-pyrrole nitrogens is 1. The molecular formula is C8H16N2. The Morgan fingerprint density at radius 2 is 2.20 bits per heavy atom. The molecule has 0 aliphatic rings. The second kappa shape index (κ2) is 6.36. The molecule has 10 heavy (non-hydrogen) atoms. The Morgan fingerprint density at radius 3 is 2.30 bits per heavy atom. The second-order valence-electron chi connectivity index (χ2n) is 2.10. The van der Waals surface area contributed by atoms with Crippen molar-refractivity contribution in [3.05, 3.63) is 24.0 Å². The van der Waals surface area contributed by atoms with E-state index in [1.807, 2.05) is 25.5 Å². The van der Waals surface area contributed by atoms with Crippen molar-refractivity contribution in [3.8, 4) is 0 Å². The first-order valence-corrected chi connectivity index (χ1v) is 3.55. The van der Waals surface area contributed by atoms with E-state index in [9.17, 15) is 0 Å². The van der Waals surface area contributed by atoms with Crippen molar-refractivity contribution in [1.82, 2.24) is 10.3 Å². The molecule has 1 aromatic rings. The van der Waals surface area contributed by atoms with Crippen LogP contribution in [0, 0.1) is 6.92 Å². The molecular weight excluding hydrogens is 124 g/mol. The Labute approximate surface area is 62.7 Å². The zero-order chi connectivity index (χ0) is 7.82. The summed E-state index contributed by atoms with van der Waals surface area (Å²) < 4.78 is 0. The largest absolute Gasteiger partial charge is 0.367 e. The second-order valence-corrected chi connectivity index (χ2v) is 2.10. The Balaban J connectivity index is 0.000000180. The van der Waals surface area contributed by atoms with Gasteiger partial charge in [0.15, 0.2) is 0 Å². The molecule has 1 aromatic heterocycles. The minimum absolute atomic E-state index is 1.07. The summed E-state index contributed by atoms with van der Waals surface area (Å²) in [6, 6.07) is 2.03. The third-order valence-electron chi connectivity index (χ3n) is 1.11. The zero-order valence-electron chi connectivity index (χ0n) is 6.94. The quantitative estimate of drug-likeness (QED) is 0.608. The van der Waals surface area contributed by atoms with E-state index in [-0.39, 0.29) is 0 Å². The van der Waals surface area contributed by atoms with Crippen LogP contribution in [-0.2, 0) is 0 Å². The molecule has 2 N–H and O–H groups in total. The van der Waals surface area contributed by atoms with Crippen LogP contribution >= 0.6 is 0 Å². The smallest absolute Gasteiger partial charge is 0.00345 e. The van der Waals surface area contributed by atoms with Gasteiger partial charge in [-0.2, -0.15) is 0 Å². The first kappa shape index (κ1) is 9.24. The van der Waals surface area contributed by atoms with Crippen LogP contribution in [-0.4, -0.2) is 18.6 Å². The summed E-state index contributed by atoms with van der Waals surface area (Å²) in [5, 5.41) is 2.93. The maximum absolute atomic E-state index is 2.93. The average molecular weight is 140 g/mol. The number of aromatic amines is 1. The molecule has 0 unspecified atom stereocenters. The van der Waals surface area contributed by atoms with Gasteiger partial charge in [-0.05, 0) is 32.1 Å². The van der Waals surface area contributed by atoms with Crippen LogP contribution in [0.15, 0.2) is 18.5 Å². The number of rotatable bonds is 1. The first-order valence-electron chi connectivity index (χ1n) is 3.55. The standard InChI is InChI=1S/C5H7N.C3H9N/c1-5-2-3-6-4-5;1-3-4-2/h2-4,6H,1H3;4H,3H2,1-2H3. The third kappa shape index (κ3) is 5.38. The lowest BCUT2D eigenvalue weighted by molar-refractivity contribution is 0.864. The van der Waals surface area contributed by atoms with Crippen molar-refractivity contribution >= 4 is 0 Å². The van der Waals surface area contributed by atoms with Crippen molar-refractivity contribution in [2.45, 2.75) is 13.8 Å². The van der Waals surface area contributed by atoms with E-state index in [0.717, 1.165) is 6.54 Å². The van der Waals surface area contributed by atoms with Gasteiger partial charge in [0, 0.05) is 12.4 Å². The molecule has 2 heteroatoms. The van der Waals surface area contributed by atoms with E-state index < -0.39 is 0 Å². The fourth-order valence-electron chi connectivity index (χ4n) is 0.407. The number of nitrogens with one attached hydrogen (secondary N) is 2. The zero-order valence-corrected chi connectivity index (χ0v) is 6.94. The minimum Gasteiger partial charge on any atom is -0.367 e. The summed E-state index contributed by atoms with van der Waals surface area (Å²) in [5.41, 5.74) is 1.29. The molecule has 58 valence electrons. The van der Waals surface area contributed by atoms with Gasteiger partial charge in [-0.25, -0.2) is 0 Å². The minimum atomic E-state index is 1.07. The first-order chi connectivity index (χ1) is 4.81. The Hall–Kier alpha value is -0.760. The van der Waals surface area contributed by atoms with Gasteiger partial charge in [-0.1, -0.05) is 6.92 Å². The van der Waals surface area contributed by atoms with Crippen LogP contribution in [0.25, 0.3) is 0 Å². The third-order valence-corrected chi connectivity index (χ3v) is 1.11. The van der Waals surface area contributed by atoms with E-state index in [1.54, 1.807) is 0 Å². The van der Waals surface area contributed by atoms with Gasteiger partial charge >= 0.3 is 0 Å². The van der Waals surface area contributed by atoms with Gasteiger partial charge in [-0.3, -0.25) is 0 Å². The normalized spacial score (nSPS) is 8.30. The van der Waals surface area contributed by atoms with Crippen LogP contribution in [0.1, 0.15) is 12.5 Å². The lowest BCUT2D eigenvalue weighted by Gasteiger charge is -1.76. The van der Waals surface area contributed by atoms with Gasteiger partial charge in [0.2, 0.25) is 0 Å². The molecule has 0 radical (unpaired) electrons. The fourth-order valence-corrected chi connectivity index (χ4v) is 0.407. The van der Waals surface area contributed by atoms with Crippen LogP contribution in [0.4, 0.5) is 0 Å². The van der Waals surface area contributed by atoms with Gasteiger partial charge in [0.05, 0.1) is 0 Å². The van der Waals surface area contributed by atoms with Gasteiger partial charge in [0.25, 0.3) is 0 Å². The number of hydrogen-bond donors (Lipinski definition) is 2. The Kier molecular flexibility index (Phi) is 5.88. The topological polar surface area (TPSA) is 27.8 Å². The Bertz CT molecular complexity index is 131.